The van der Waals surface area contributed by atoms with E-state index in [1.54, 1.807) is 0 Å². The average Bonchev–Trinajstić information content (AvgIpc) is 2.30. The van der Waals surface area contributed by atoms with E-state index in [0.717, 1.165) is 12.1 Å². The Bertz CT molecular complexity index is 274. The Morgan fingerprint density at radius 1 is 1.64 bits per heavy atom. The van der Waals surface area contributed by atoms with Crippen LogP contribution in [0.4, 0.5) is 0 Å². The number of rotatable bonds is 1. The van der Waals surface area contributed by atoms with Gasteiger partial charge >= 0.3 is 0 Å². The van der Waals surface area contributed by atoms with Crippen LogP contribution >= 0.6 is 15.9 Å². The van der Waals surface area contributed by atoms with E-state index in [1.807, 2.05) is 19.9 Å². The first-order valence-corrected chi connectivity index (χ1v) is 4.16. The van der Waals surface area contributed by atoms with Crippen LogP contribution in [0.3, 0.4) is 0 Å². The molecular weight excluding hydrogens is 206 g/mol. The molecule has 4 heteroatoms. The molecule has 0 saturated heterocycles. The lowest BCUT2D eigenvalue weighted by Crippen LogP contribution is -2.34. The Kier molecular flexibility index (Phi) is 2.10. The Balaban J connectivity index is 3.03. The Labute approximate surface area is 73.9 Å². The Morgan fingerprint density at radius 2 is 2.27 bits per heavy atom. The molecule has 1 aliphatic rings. The number of nitriles is 1. The smallest absolute Gasteiger partial charge is 0.162 e. The molecule has 0 aromatic rings. The molecular formula is C7H8BrN3. The van der Waals surface area contributed by atoms with E-state index >= 15 is 0 Å². The monoisotopic (exact) mass is 213 g/mol. The number of hydrogen-bond donors (Lipinski definition) is 0. The summed E-state index contributed by atoms with van der Waals surface area (Å²) in [4.78, 5) is 0. The van der Waals surface area contributed by atoms with Gasteiger partial charge in [0, 0.05) is 0 Å². The summed E-state index contributed by atoms with van der Waals surface area (Å²) < 4.78 is -0.387. The first-order valence-electron chi connectivity index (χ1n) is 3.37. The summed E-state index contributed by atoms with van der Waals surface area (Å²) in [6.07, 6.45) is 0.800. The van der Waals surface area contributed by atoms with Gasteiger partial charge in [0.25, 0.3) is 0 Å². The number of alkyl halides is 1. The lowest BCUT2D eigenvalue weighted by molar-refractivity contribution is 0.935. The normalized spacial score (nSPS) is 29.3. The summed E-state index contributed by atoms with van der Waals surface area (Å²) in [6.45, 7) is 3.86. The summed E-state index contributed by atoms with van der Waals surface area (Å²) in [5.41, 5.74) is 1.31. The van der Waals surface area contributed by atoms with Gasteiger partial charge in [0.15, 0.2) is 5.71 Å². The molecule has 11 heavy (non-hydrogen) atoms. The lowest BCUT2D eigenvalue weighted by atomic mass is 9.97. The second-order valence-electron chi connectivity index (χ2n) is 2.40. The van der Waals surface area contributed by atoms with Gasteiger partial charge < -0.3 is 0 Å². The zero-order valence-electron chi connectivity index (χ0n) is 6.43. The van der Waals surface area contributed by atoms with E-state index in [2.05, 4.69) is 26.1 Å². The van der Waals surface area contributed by atoms with Crippen LogP contribution in [0.15, 0.2) is 10.2 Å². The number of nitrogens with zero attached hydrogens (tertiary/aromatic N) is 3. The molecule has 0 radical (unpaired) electrons. The third-order valence-electron chi connectivity index (χ3n) is 1.84. The van der Waals surface area contributed by atoms with Crippen LogP contribution in [0.25, 0.3) is 0 Å². The van der Waals surface area contributed by atoms with Crippen molar-refractivity contribution in [2.75, 3.05) is 0 Å². The zero-order chi connectivity index (χ0) is 8.48. The third-order valence-corrected chi connectivity index (χ3v) is 3.35. The van der Waals surface area contributed by atoms with Crippen molar-refractivity contribution in [1.29, 1.82) is 5.26 Å². The summed E-state index contributed by atoms with van der Waals surface area (Å²) in [5, 5.41) is 16.3. The highest BCUT2D eigenvalue weighted by Crippen LogP contribution is 2.30. The molecule has 1 unspecified atom stereocenters. The van der Waals surface area contributed by atoms with Gasteiger partial charge in [-0.15, -0.1) is 5.10 Å². The highest BCUT2D eigenvalue weighted by molar-refractivity contribution is 9.10. The first-order chi connectivity index (χ1) is 5.15. The fourth-order valence-corrected chi connectivity index (χ4v) is 1.24. The van der Waals surface area contributed by atoms with Gasteiger partial charge in [0.1, 0.15) is 10.4 Å². The highest BCUT2D eigenvalue weighted by atomic mass is 79.9. The summed E-state index contributed by atoms with van der Waals surface area (Å²) in [7, 11) is 0. The van der Waals surface area contributed by atoms with Gasteiger partial charge in [0.05, 0.1) is 5.71 Å². The molecule has 0 spiro atoms. The second kappa shape index (κ2) is 2.74. The molecule has 0 aliphatic carbocycles. The Morgan fingerprint density at radius 3 is 2.64 bits per heavy atom. The first kappa shape index (κ1) is 8.41. The van der Waals surface area contributed by atoms with Crippen LogP contribution in [0.1, 0.15) is 20.3 Å². The van der Waals surface area contributed by atoms with E-state index in [-0.39, 0.29) is 4.32 Å². The maximum absolute atomic E-state index is 8.67. The van der Waals surface area contributed by atoms with Gasteiger partial charge in [-0.25, -0.2) is 0 Å². The quantitative estimate of drug-likeness (QED) is 0.614. The molecule has 1 atom stereocenters. The molecule has 0 bridgehead atoms. The van der Waals surface area contributed by atoms with Crippen molar-refractivity contribution < 1.29 is 0 Å². The van der Waals surface area contributed by atoms with Crippen molar-refractivity contribution in [2.24, 2.45) is 10.2 Å². The third kappa shape index (κ3) is 1.10. The van der Waals surface area contributed by atoms with Crippen LogP contribution in [0.2, 0.25) is 0 Å². The fourth-order valence-electron chi connectivity index (χ4n) is 0.989. The van der Waals surface area contributed by atoms with Crippen molar-refractivity contribution >= 4 is 27.4 Å². The second-order valence-corrected chi connectivity index (χ2v) is 3.75. The number of hydrogen-bond acceptors (Lipinski definition) is 3. The minimum absolute atomic E-state index is 0.387. The Hall–Kier alpha value is -0.690. The van der Waals surface area contributed by atoms with Crippen LogP contribution in [0, 0.1) is 11.3 Å². The molecule has 1 heterocycles. The van der Waals surface area contributed by atoms with E-state index < -0.39 is 0 Å². The molecule has 0 N–H and O–H groups in total. The standard InChI is InChI=1S/C7H8BrN3/c1-3-7(8)5(2)10-11-6(7)4-9/h3H2,1-2H3. The molecule has 0 fully saturated rings. The molecule has 0 aromatic heterocycles. The lowest BCUT2D eigenvalue weighted by Gasteiger charge is -2.17. The summed E-state index contributed by atoms with van der Waals surface area (Å²) in [5.74, 6) is 0. The van der Waals surface area contributed by atoms with E-state index in [9.17, 15) is 0 Å². The predicted octanol–water partition coefficient (Wildman–Crippen LogP) is 1.88. The van der Waals surface area contributed by atoms with Crippen molar-refractivity contribution in [3.05, 3.63) is 0 Å². The maximum Gasteiger partial charge on any atom is 0.162 e. The van der Waals surface area contributed by atoms with Crippen molar-refractivity contribution in [3.63, 3.8) is 0 Å². The predicted molar refractivity (Wildman–Crippen MR) is 48.1 cm³/mol. The molecule has 0 aromatic carbocycles. The van der Waals surface area contributed by atoms with Crippen LogP contribution in [0.5, 0.6) is 0 Å². The van der Waals surface area contributed by atoms with Gasteiger partial charge in [-0.2, -0.15) is 10.4 Å². The van der Waals surface area contributed by atoms with Crippen molar-refractivity contribution in [3.8, 4) is 6.07 Å². The van der Waals surface area contributed by atoms with Gasteiger partial charge in [0.2, 0.25) is 0 Å². The van der Waals surface area contributed by atoms with Crippen LogP contribution < -0.4 is 0 Å². The minimum atomic E-state index is -0.387. The topological polar surface area (TPSA) is 48.5 Å². The molecule has 1 rings (SSSR count). The van der Waals surface area contributed by atoms with Crippen molar-refractivity contribution in [1.82, 2.24) is 0 Å². The van der Waals surface area contributed by atoms with Gasteiger partial charge in [-0.05, 0) is 13.3 Å². The van der Waals surface area contributed by atoms with Gasteiger partial charge in [-0.1, -0.05) is 22.9 Å². The van der Waals surface area contributed by atoms with Crippen molar-refractivity contribution in [2.45, 2.75) is 24.6 Å². The van der Waals surface area contributed by atoms with Crippen LogP contribution in [-0.2, 0) is 0 Å². The van der Waals surface area contributed by atoms with E-state index in [0.29, 0.717) is 5.71 Å². The summed E-state index contributed by atoms with van der Waals surface area (Å²) >= 11 is 3.45. The largest absolute Gasteiger partial charge is 0.191 e. The van der Waals surface area contributed by atoms with E-state index in [4.69, 9.17) is 5.26 Å². The average molecular weight is 214 g/mol. The summed E-state index contributed by atoms with van der Waals surface area (Å²) in [6, 6.07) is 2.02. The minimum Gasteiger partial charge on any atom is -0.191 e. The maximum atomic E-state index is 8.67. The number of halogens is 1. The zero-order valence-corrected chi connectivity index (χ0v) is 8.01. The molecule has 3 nitrogen and oxygen atoms in total. The van der Waals surface area contributed by atoms with Crippen LogP contribution in [-0.4, -0.2) is 15.7 Å². The molecule has 0 saturated carbocycles. The molecule has 1 aliphatic heterocycles. The molecule has 58 valence electrons. The highest BCUT2D eigenvalue weighted by Gasteiger charge is 2.38. The fraction of sp³-hybridized carbons (Fsp3) is 0.571. The van der Waals surface area contributed by atoms with Gasteiger partial charge in [-0.3, -0.25) is 0 Å². The molecule has 0 amide bonds. The SMILES string of the molecule is CCC1(Br)C(C)=NN=C1C#N. The van der Waals surface area contributed by atoms with E-state index in [1.165, 1.54) is 0 Å².